The van der Waals surface area contributed by atoms with Crippen molar-refractivity contribution in [1.29, 1.82) is 0 Å². The Labute approximate surface area is 206 Å². The number of hydrogen-bond acceptors (Lipinski definition) is 2. The van der Waals surface area contributed by atoms with Crippen molar-refractivity contribution in [3.8, 4) is 0 Å². The highest BCUT2D eigenvalue weighted by Gasteiger charge is 2.11. The molecule has 0 amide bonds. The minimum Gasteiger partial charge on any atom is -1.00 e. The standard InChI is InChI=1S/C28H30FN3O.ClH/c29-24-16-14-22(15-17-24)20-27-25-12-6-7-13-26(25)28(33)32(31-27)19-9-2-1-8-18-30-21-23-10-4-3-5-11-23;/h3-7,10-17,30H,1-2,8-9,18-21H2;1H. The second-order valence-electron chi connectivity index (χ2n) is 8.51. The Bertz CT molecular complexity index is 1230. The van der Waals surface area contributed by atoms with Gasteiger partial charge in [-0.25, -0.2) is 9.07 Å². The van der Waals surface area contributed by atoms with E-state index in [4.69, 9.17) is 5.10 Å². The second kappa shape index (κ2) is 13.0. The average Bonchev–Trinajstić information content (AvgIpc) is 2.85. The highest BCUT2D eigenvalue weighted by Crippen LogP contribution is 2.17. The highest BCUT2D eigenvalue weighted by molar-refractivity contribution is 5.83. The molecule has 0 aliphatic heterocycles. The number of aromatic nitrogens is 2. The molecular weight excluding hydrogens is 449 g/mol. The van der Waals surface area contributed by atoms with E-state index in [2.05, 4.69) is 29.6 Å². The Kier molecular flexibility index (Phi) is 9.80. The molecule has 4 nitrogen and oxygen atoms in total. The van der Waals surface area contributed by atoms with Crippen LogP contribution in [0.1, 0.15) is 42.5 Å². The summed E-state index contributed by atoms with van der Waals surface area (Å²) in [6, 6.07) is 24.6. The molecule has 0 aliphatic rings. The van der Waals surface area contributed by atoms with E-state index < -0.39 is 0 Å². The van der Waals surface area contributed by atoms with Gasteiger partial charge < -0.3 is 17.7 Å². The summed E-state index contributed by atoms with van der Waals surface area (Å²) in [5, 5.41) is 8.62. The number of unbranched alkanes of at least 4 members (excludes halogenated alkanes) is 3. The van der Waals surface area contributed by atoms with E-state index in [-0.39, 0.29) is 23.8 Å². The van der Waals surface area contributed by atoms with Gasteiger partial charge in [0.2, 0.25) is 0 Å². The van der Waals surface area contributed by atoms with Gasteiger partial charge >= 0.3 is 0 Å². The van der Waals surface area contributed by atoms with Gasteiger partial charge in [0.25, 0.3) is 5.56 Å². The van der Waals surface area contributed by atoms with Crippen LogP contribution in [-0.4, -0.2) is 16.3 Å². The molecule has 0 atom stereocenters. The molecule has 0 spiro atoms. The number of nitrogens with two attached hydrogens (primary N) is 1. The van der Waals surface area contributed by atoms with Crippen molar-refractivity contribution < 1.29 is 22.1 Å². The first-order chi connectivity index (χ1) is 16.2. The van der Waals surface area contributed by atoms with E-state index in [0.717, 1.165) is 49.0 Å². The summed E-state index contributed by atoms with van der Waals surface area (Å²) in [7, 11) is 0. The quantitative estimate of drug-likeness (QED) is 0.331. The van der Waals surface area contributed by atoms with Crippen LogP contribution in [0.3, 0.4) is 0 Å². The number of benzene rings is 3. The van der Waals surface area contributed by atoms with Gasteiger partial charge in [-0.3, -0.25) is 4.79 Å². The maximum atomic E-state index is 13.3. The van der Waals surface area contributed by atoms with Crippen LogP contribution in [0.2, 0.25) is 0 Å². The van der Waals surface area contributed by atoms with Crippen LogP contribution >= 0.6 is 0 Å². The lowest BCUT2D eigenvalue weighted by molar-refractivity contribution is -0.671. The van der Waals surface area contributed by atoms with Crippen LogP contribution in [0.4, 0.5) is 4.39 Å². The maximum Gasteiger partial charge on any atom is 0.274 e. The number of hydrogen-bond donors (Lipinski definition) is 1. The van der Waals surface area contributed by atoms with Gasteiger partial charge in [-0.05, 0) is 43.0 Å². The van der Waals surface area contributed by atoms with Crippen molar-refractivity contribution in [2.45, 2.75) is 45.2 Å². The van der Waals surface area contributed by atoms with E-state index in [1.807, 2.05) is 30.3 Å². The lowest BCUT2D eigenvalue weighted by Gasteiger charge is -2.11. The number of nitrogens with zero attached hydrogens (tertiary/aromatic N) is 2. The van der Waals surface area contributed by atoms with Crippen molar-refractivity contribution in [3.63, 3.8) is 0 Å². The second-order valence-corrected chi connectivity index (χ2v) is 8.51. The van der Waals surface area contributed by atoms with Crippen LogP contribution in [-0.2, 0) is 19.5 Å². The summed E-state index contributed by atoms with van der Waals surface area (Å²) in [6.07, 6.45) is 4.89. The molecule has 1 aromatic heterocycles. The van der Waals surface area contributed by atoms with Crippen molar-refractivity contribution in [3.05, 3.63) is 112 Å². The third kappa shape index (κ3) is 6.99. The van der Waals surface area contributed by atoms with Gasteiger partial charge in [0.1, 0.15) is 12.4 Å². The van der Waals surface area contributed by atoms with Gasteiger partial charge in [-0.1, -0.05) is 67.1 Å². The number of rotatable bonds is 11. The molecule has 0 fully saturated rings. The van der Waals surface area contributed by atoms with E-state index in [0.29, 0.717) is 18.4 Å². The third-order valence-electron chi connectivity index (χ3n) is 5.98. The van der Waals surface area contributed by atoms with Crippen molar-refractivity contribution in [1.82, 2.24) is 9.78 Å². The zero-order valence-corrected chi connectivity index (χ0v) is 20.1. The van der Waals surface area contributed by atoms with E-state index in [9.17, 15) is 9.18 Å². The Morgan fingerprint density at radius 2 is 1.44 bits per heavy atom. The predicted molar refractivity (Wildman–Crippen MR) is 131 cm³/mol. The summed E-state index contributed by atoms with van der Waals surface area (Å²) < 4.78 is 14.9. The Balaban J connectivity index is 0.00000324. The molecule has 1 heterocycles. The van der Waals surface area contributed by atoms with Crippen molar-refractivity contribution in [2.75, 3.05) is 6.54 Å². The van der Waals surface area contributed by atoms with Crippen molar-refractivity contribution in [2.24, 2.45) is 0 Å². The molecule has 34 heavy (non-hydrogen) atoms. The molecular formula is C28H31ClFN3O. The van der Waals surface area contributed by atoms with Crippen LogP contribution < -0.4 is 23.3 Å². The topological polar surface area (TPSA) is 51.5 Å². The first-order valence-electron chi connectivity index (χ1n) is 11.8. The Morgan fingerprint density at radius 3 is 2.21 bits per heavy atom. The van der Waals surface area contributed by atoms with Gasteiger partial charge in [0.05, 0.1) is 17.6 Å². The SMILES string of the molecule is O=c1c2ccccc2c(Cc2ccc(F)cc2)nn1CCCCCC[NH2+]Cc1ccccc1.[Cl-]. The number of aryl methyl sites for hydroxylation is 1. The van der Waals surface area contributed by atoms with Gasteiger partial charge in [0, 0.05) is 23.9 Å². The lowest BCUT2D eigenvalue weighted by atomic mass is 10.0. The number of fused-ring (bicyclic) bond motifs is 1. The minimum absolute atomic E-state index is 0. The van der Waals surface area contributed by atoms with E-state index >= 15 is 0 Å². The summed E-state index contributed by atoms with van der Waals surface area (Å²) in [5.74, 6) is -0.251. The molecule has 0 aliphatic carbocycles. The summed E-state index contributed by atoms with van der Waals surface area (Å²) >= 11 is 0. The minimum atomic E-state index is -0.251. The zero-order chi connectivity index (χ0) is 22.9. The molecule has 178 valence electrons. The first-order valence-corrected chi connectivity index (χ1v) is 11.8. The highest BCUT2D eigenvalue weighted by atomic mass is 35.5. The Hall–Kier alpha value is -3.02. The molecule has 4 aromatic rings. The molecule has 0 saturated carbocycles. The average molecular weight is 480 g/mol. The van der Waals surface area contributed by atoms with E-state index in [1.165, 1.54) is 24.1 Å². The van der Waals surface area contributed by atoms with Gasteiger partial charge in [0.15, 0.2) is 0 Å². The van der Waals surface area contributed by atoms with Gasteiger partial charge in [-0.15, -0.1) is 0 Å². The number of halogens is 2. The smallest absolute Gasteiger partial charge is 0.274 e. The molecule has 2 N–H and O–H groups in total. The molecule has 0 bridgehead atoms. The monoisotopic (exact) mass is 479 g/mol. The maximum absolute atomic E-state index is 13.3. The molecule has 3 aromatic carbocycles. The molecule has 6 heteroatoms. The van der Waals surface area contributed by atoms with Gasteiger partial charge in [-0.2, -0.15) is 5.10 Å². The summed E-state index contributed by atoms with van der Waals surface area (Å²) in [6.45, 7) is 2.76. The van der Waals surface area contributed by atoms with Crippen LogP contribution in [0.25, 0.3) is 10.8 Å². The molecule has 4 rings (SSSR count). The molecule has 0 radical (unpaired) electrons. The normalized spacial score (nSPS) is 10.9. The Morgan fingerprint density at radius 1 is 0.765 bits per heavy atom. The molecule has 0 saturated heterocycles. The zero-order valence-electron chi connectivity index (χ0n) is 19.3. The van der Waals surface area contributed by atoms with Crippen molar-refractivity contribution >= 4 is 10.8 Å². The fourth-order valence-electron chi connectivity index (χ4n) is 4.17. The fourth-order valence-corrected chi connectivity index (χ4v) is 4.17. The summed E-state index contributed by atoms with van der Waals surface area (Å²) in [5.41, 5.74) is 3.15. The largest absolute Gasteiger partial charge is 1.00 e. The third-order valence-corrected chi connectivity index (χ3v) is 5.98. The van der Waals surface area contributed by atoms with Crippen LogP contribution in [0, 0.1) is 5.82 Å². The first kappa shape index (κ1) is 25.6. The number of quaternary nitrogens is 1. The van der Waals surface area contributed by atoms with Crippen LogP contribution in [0.15, 0.2) is 83.7 Å². The van der Waals surface area contributed by atoms with E-state index in [1.54, 1.807) is 16.8 Å². The fraction of sp³-hybridized carbons (Fsp3) is 0.286. The van der Waals surface area contributed by atoms with Crippen LogP contribution in [0.5, 0.6) is 0 Å². The lowest BCUT2D eigenvalue weighted by Crippen LogP contribution is -3.00. The molecule has 0 unspecified atom stereocenters. The summed E-state index contributed by atoms with van der Waals surface area (Å²) in [4.78, 5) is 13.0. The predicted octanol–water partition coefficient (Wildman–Crippen LogP) is 1.45.